The molecule has 0 amide bonds. The van der Waals surface area contributed by atoms with Crippen molar-refractivity contribution in [3.63, 3.8) is 0 Å². The van der Waals surface area contributed by atoms with Gasteiger partial charge in [-0.25, -0.2) is 0 Å². The Kier molecular flexibility index (Phi) is 4.24. The van der Waals surface area contributed by atoms with Gasteiger partial charge < -0.3 is 9.47 Å². The minimum atomic E-state index is 0.824. The van der Waals surface area contributed by atoms with Gasteiger partial charge in [0.05, 0.1) is 14.2 Å². The van der Waals surface area contributed by atoms with Crippen LogP contribution in [0, 0.1) is 6.92 Å². The van der Waals surface area contributed by atoms with Gasteiger partial charge >= 0.3 is 0 Å². The molecule has 2 nitrogen and oxygen atoms in total. The first-order chi connectivity index (χ1) is 9.22. The zero-order valence-corrected chi connectivity index (χ0v) is 11.5. The summed E-state index contributed by atoms with van der Waals surface area (Å²) in [7, 11) is 3.33. The monoisotopic (exact) mass is 254 g/mol. The van der Waals surface area contributed by atoms with Crippen LogP contribution in [0.25, 0.3) is 12.2 Å². The highest BCUT2D eigenvalue weighted by atomic mass is 16.5. The number of aryl methyl sites for hydroxylation is 1. The zero-order chi connectivity index (χ0) is 13.7. The molecule has 19 heavy (non-hydrogen) atoms. The third-order valence-electron chi connectivity index (χ3n) is 2.93. The van der Waals surface area contributed by atoms with E-state index >= 15 is 0 Å². The fourth-order valence-corrected chi connectivity index (χ4v) is 1.93. The third-order valence-corrected chi connectivity index (χ3v) is 2.93. The molecule has 2 heteroatoms. The lowest BCUT2D eigenvalue weighted by Crippen LogP contribution is -1.89. The van der Waals surface area contributed by atoms with Gasteiger partial charge in [-0.1, -0.05) is 42.0 Å². The number of benzene rings is 2. The van der Waals surface area contributed by atoms with E-state index in [0.717, 1.165) is 17.1 Å². The van der Waals surface area contributed by atoms with Gasteiger partial charge in [-0.15, -0.1) is 0 Å². The molecule has 0 fully saturated rings. The Hall–Kier alpha value is -2.22. The summed E-state index contributed by atoms with van der Waals surface area (Å²) in [6.45, 7) is 2.09. The molecule has 0 bridgehead atoms. The Labute approximate surface area is 114 Å². The minimum absolute atomic E-state index is 0.824. The second kappa shape index (κ2) is 6.10. The van der Waals surface area contributed by atoms with Crippen LogP contribution in [0.1, 0.15) is 16.7 Å². The van der Waals surface area contributed by atoms with Crippen molar-refractivity contribution in [1.82, 2.24) is 0 Å². The van der Waals surface area contributed by atoms with Crippen LogP contribution in [0.3, 0.4) is 0 Å². The highest BCUT2D eigenvalue weighted by Crippen LogP contribution is 2.25. The van der Waals surface area contributed by atoms with Crippen LogP contribution in [0.2, 0.25) is 0 Å². The maximum absolute atomic E-state index is 5.35. The molecule has 2 aromatic rings. The quantitative estimate of drug-likeness (QED) is 0.762. The second-order valence-electron chi connectivity index (χ2n) is 4.36. The van der Waals surface area contributed by atoms with E-state index in [4.69, 9.17) is 9.47 Å². The topological polar surface area (TPSA) is 18.5 Å². The summed E-state index contributed by atoms with van der Waals surface area (Å²) in [4.78, 5) is 0. The Balaban J connectivity index is 2.31. The van der Waals surface area contributed by atoms with Gasteiger partial charge in [0.15, 0.2) is 0 Å². The molecule has 0 aromatic heterocycles. The number of methoxy groups -OCH3 is 2. The Bertz CT molecular complexity index is 586. The molecule has 98 valence electrons. The van der Waals surface area contributed by atoms with Gasteiger partial charge in [-0.2, -0.15) is 0 Å². The molecule has 0 unspecified atom stereocenters. The van der Waals surface area contributed by atoms with Crippen LogP contribution in [0.4, 0.5) is 0 Å². The summed E-state index contributed by atoms with van der Waals surface area (Å²) >= 11 is 0. The van der Waals surface area contributed by atoms with Crippen LogP contribution >= 0.6 is 0 Å². The number of ether oxygens (including phenoxy) is 2. The average molecular weight is 254 g/mol. The maximum atomic E-state index is 5.35. The van der Waals surface area contributed by atoms with E-state index in [9.17, 15) is 0 Å². The van der Waals surface area contributed by atoms with E-state index < -0.39 is 0 Å². The number of hydrogen-bond donors (Lipinski definition) is 0. The van der Waals surface area contributed by atoms with Crippen molar-refractivity contribution in [1.29, 1.82) is 0 Å². The number of hydrogen-bond acceptors (Lipinski definition) is 2. The predicted molar refractivity (Wildman–Crippen MR) is 79.7 cm³/mol. The van der Waals surface area contributed by atoms with Crippen molar-refractivity contribution in [3.8, 4) is 11.5 Å². The first-order valence-corrected chi connectivity index (χ1v) is 6.19. The molecule has 0 aliphatic rings. The van der Waals surface area contributed by atoms with Crippen LogP contribution in [-0.2, 0) is 0 Å². The van der Waals surface area contributed by atoms with Gasteiger partial charge in [-0.3, -0.25) is 0 Å². The molecule has 0 aliphatic heterocycles. The Morgan fingerprint density at radius 1 is 0.895 bits per heavy atom. The van der Waals surface area contributed by atoms with Crippen LogP contribution in [0.5, 0.6) is 11.5 Å². The highest BCUT2D eigenvalue weighted by Gasteiger charge is 2.01. The molecule has 0 radical (unpaired) electrons. The van der Waals surface area contributed by atoms with Gasteiger partial charge in [0, 0.05) is 5.56 Å². The average Bonchev–Trinajstić information content (AvgIpc) is 2.45. The minimum Gasteiger partial charge on any atom is -0.497 e. The predicted octanol–water partition coefficient (Wildman–Crippen LogP) is 4.18. The zero-order valence-electron chi connectivity index (χ0n) is 11.5. The fraction of sp³-hybridized carbons (Fsp3) is 0.176. The van der Waals surface area contributed by atoms with E-state index in [2.05, 4.69) is 37.3 Å². The lowest BCUT2D eigenvalue weighted by molar-refractivity contribution is 0.402. The lowest BCUT2D eigenvalue weighted by atomic mass is 10.1. The Morgan fingerprint density at radius 3 is 2.42 bits per heavy atom. The Morgan fingerprint density at radius 2 is 1.74 bits per heavy atom. The summed E-state index contributed by atoms with van der Waals surface area (Å²) in [5.74, 6) is 1.66. The molecular formula is C17H18O2. The molecule has 0 N–H and O–H groups in total. The molecule has 2 rings (SSSR count). The highest BCUT2D eigenvalue weighted by molar-refractivity contribution is 5.73. The smallest absolute Gasteiger partial charge is 0.126 e. The molecule has 2 aromatic carbocycles. The molecule has 0 saturated heterocycles. The first-order valence-electron chi connectivity index (χ1n) is 6.19. The summed E-state index contributed by atoms with van der Waals surface area (Å²) in [6, 6.07) is 14.1. The van der Waals surface area contributed by atoms with Crippen molar-refractivity contribution in [3.05, 3.63) is 59.2 Å². The SMILES string of the molecule is COc1ccc(OC)c(/C=C/c2cccc(C)c2)c1. The summed E-state index contributed by atoms with van der Waals surface area (Å²) < 4.78 is 10.6. The van der Waals surface area contributed by atoms with Gasteiger partial charge in [0.1, 0.15) is 11.5 Å². The normalized spacial score (nSPS) is 10.7. The van der Waals surface area contributed by atoms with Crippen molar-refractivity contribution in [2.24, 2.45) is 0 Å². The van der Waals surface area contributed by atoms with E-state index in [0.29, 0.717) is 0 Å². The van der Waals surface area contributed by atoms with E-state index in [1.165, 1.54) is 11.1 Å². The summed E-state index contributed by atoms with van der Waals surface area (Å²) in [5.41, 5.74) is 3.42. The molecule has 0 saturated carbocycles. The lowest BCUT2D eigenvalue weighted by Gasteiger charge is -2.07. The summed E-state index contributed by atoms with van der Waals surface area (Å²) in [6.07, 6.45) is 4.11. The molecule has 0 atom stereocenters. The second-order valence-corrected chi connectivity index (χ2v) is 4.36. The largest absolute Gasteiger partial charge is 0.497 e. The van der Waals surface area contributed by atoms with Crippen molar-refractivity contribution >= 4 is 12.2 Å². The van der Waals surface area contributed by atoms with E-state index in [1.807, 2.05) is 24.3 Å². The van der Waals surface area contributed by atoms with Gasteiger partial charge in [-0.05, 0) is 30.7 Å². The number of rotatable bonds is 4. The van der Waals surface area contributed by atoms with E-state index in [-0.39, 0.29) is 0 Å². The third kappa shape index (κ3) is 3.38. The van der Waals surface area contributed by atoms with Crippen LogP contribution in [-0.4, -0.2) is 14.2 Å². The molecule has 0 spiro atoms. The van der Waals surface area contributed by atoms with Gasteiger partial charge in [0.2, 0.25) is 0 Å². The summed E-state index contributed by atoms with van der Waals surface area (Å²) in [5, 5.41) is 0. The van der Waals surface area contributed by atoms with Crippen molar-refractivity contribution < 1.29 is 9.47 Å². The molecular weight excluding hydrogens is 236 g/mol. The van der Waals surface area contributed by atoms with Crippen molar-refractivity contribution in [2.75, 3.05) is 14.2 Å². The molecule has 0 aliphatic carbocycles. The van der Waals surface area contributed by atoms with Gasteiger partial charge in [0.25, 0.3) is 0 Å². The first kappa shape index (κ1) is 13.2. The van der Waals surface area contributed by atoms with Crippen molar-refractivity contribution in [2.45, 2.75) is 6.92 Å². The maximum Gasteiger partial charge on any atom is 0.126 e. The standard InChI is InChI=1S/C17H18O2/c1-13-5-4-6-14(11-13)7-8-15-12-16(18-2)9-10-17(15)19-3/h4-12H,1-3H3/b8-7+. The molecule has 0 heterocycles. The fourth-order valence-electron chi connectivity index (χ4n) is 1.93. The van der Waals surface area contributed by atoms with E-state index in [1.54, 1.807) is 14.2 Å². The van der Waals surface area contributed by atoms with Crippen LogP contribution < -0.4 is 9.47 Å². The van der Waals surface area contributed by atoms with Crippen LogP contribution in [0.15, 0.2) is 42.5 Å².